The molecule has 1 aliphatic carbocycles. The van der Waals surface area contributed by atoms with Crippen LogP contribution in [0.4, 0.5) is 0 Å². The van der Waals surface area contributed by atoms with Crippen molar-refractivity contribution in [2.24, 2.45) is 10.3 Å². The molecule has 0 unspecified atom stereocenters. The summed E-state index contributed by atoms with van der Waals surface area (Å²) in [5.74, 6) is -0.287. The SMILES string of the molecule is CCc1coc(C(=O)[C@H](CC)NC(=O)[C@H](CC2CCCC2)NC2=NS(=O)(=O)c3ccccc32)n1. The van der Waals surface area contributed by atoms with Crippen LogP contribution in [0.3, 0.4) is 0 Å². The van der Waals surface area contributed by atoms with Gasteiger partial charge in [0.15, 0.2) is 0 Å². The molecule has 4 rings (SSSR count). The normalized spacial score (nSPS) is 18.7. The fraction of sp³-hybridized carbons (Fsp3) is 0.500. The number of aryl methyl sites for hydroxylation is 1. The van der Waals surface area contributed by atoms with Crippen LogP contribution in [-0.4, -0.2) is 43.0 Å². The van der Waals surface area contributed by atoms with Crippen LogP contribution in [0.25, 0.3) is 0 Å². The number of hydrogen-bond acceptors (Lipinski definition) is 7. The van der Waals surface area contributed by atoms with Gasteiger partial charge in [-0.25, -0.2) is 4.98 Å². The molecule has 0 bridgehead atoms. The van der Waals surface area contributed by atoms with Gasteiger partial charge in [-0.05, 0) is 37.3 Å². The van der Waals surface area contributed by atoms with E-state index in [9.17, 15) is 18.0 Å². The van der Waals surface area contributed by atoms with Gasteiger partial charge in [-0.1, -0.05) is 51.7 Å². The topological polar surface area (TPSA) is 131 Å². The summed E-state index contributed by atoms with van der Waals surface area (Å²) in [7, 11) is -3.81. The number of amidine groups is 1. The van der Waals surface area contributed by atoms with Crippen molar-refractivity contribution in [3.8, 4) is 0 Å². The Hall–Kier alpha value is -3.01. The molecular weight excluding hydrogens is 456 g/mol. The van der Waals surface area contributed by atoms with Crippen LogP contribution in [0.1, 0.15) is 74.3 Å². The molecule has 0 radical (unpaired) electrons. The van der Waals surface area contributed by atoms with Gasteiger partial charge in [0, 0.05) is 5.56 Å². The number of hydrogen-bond donors (Lipinski definition) is 2. The Bertz CT molecular complexity index is 1200. The summed E-state index contributed by atoms with van der Waals surface area (Å²) in [5.41, 5.74) is 1.12. The summed E-state index contributed by atoms with van der Waals surface area (Å²) in [6, 6.07) is 5.01. The first-order valence-electron chi connectivity index (χ1n) is 11.8. The number of fused-ring (bicyclic) bond motifs is 1. The molecule has 2 heterocycles. The molecule has 182 valence electrons. The van der Waals surface area contributed by atoms with E-state index in [1.54, 1.807) is 25.1 Å². The van der Waals surface area contributed by atoms with Gasteiger partial charge >= 0.3 is 0 Å². The van der Waals surface area contributed by atoms with Crippen LogP contribution in [0, 0.1) is 5.92 Å². The highest BCUT2D eigenvalue weighted by Gasteiger charge is 2.34. The maximum atomic E-state index is 13.4. The first-order chi connectivity index (χ1) is 16.3. The number of oxazole rings is 1. The molecule has 2 N–H and O–H groups in total. The lowest BCUT2D eigenvalue weighted by Gasteiger charge is -2.24. The second-order valence-electron chi connectivity index (χ2n) is 8.83. The van der Waals surface area contributed by atoms with Gasteiger partial charge in [0.25, 0.3) is 15.9 Å². The fourth-order valence-corrected chi connectivity index (χ4v) is 5.73. The van der Waals surface area contributed by atoms with Gasteiger partial charge in [0.1, 0.15) is 23.0 Å². The number of aromatic nitrogens is 1. The fourth-order valence-electron chi connectivity index (χ4n) is 4.54. The quantitative estimate of drug-likeness (QED) is 0.521. The lowest BCUT2D eigenvalue weighted by molar-refractivity contribution is -0.123. The molecule has 1 saturated carbocycles. The first-order valence-corrected chi connectivity index (χ1v) is 13.3. The predicted octanol–water partition coefficient (Wildman–Crippen LogP) is 3.00. The Kier molecular flexibility index (Phi) is 7.16. The molecule has 0 spiro atoms. The molecule has 1 aliphatic heterocycles. The van der Waals surface area contributed by atoms with Crippen LogP contribution >= 0.6 is 0 Å². The summed E-state index contributed by atoms with van der Waals surface area (Å²) < 4.78 is 34.1. The monoisotopic (exact) mass is 486 g/mol. The van der Waals surface area contributed by atoms with Crippen molar-refractivity contribution in [2.75, 3.05) is 0 Å². The zero-order valence-corrected chi connectivity index (χ0v) is 20.2. The van der Waals surface area contributed by atoms with Gasteiger partial charge in [-0.2, -0.15) is 8.42 Å². The Labute approximate surface area is 199 Å². The molecule has 2 atom stereocenters. The van der Waals surface area contributed by atoms with Crippen LogP contribution < -0.4 is 10.6 Å². The van der Waals surface area contributed by atoms with Gasteiger partial charge in [-0.3, -0.25) is 9.59 Å². The summed E-state index contributed by atoms with van der Waals surface area (Å²) >= 11 is 0. The Morgan fingerprint density at radius 3 is 2.56 bits per heavy atom. The number of ketones is 1. The number of sulfonamides is 1. The average molecular weight is 487 g/mol. The standard InChI is InChI=1S/C24H30N4O5S/c1-3-16-14-33-24(25-16)21(29)18(4-2)27-23(30)19(13-15-9-5-6-10-15)26-22-17-11-7-8-12-20(17)34(31,32)28-22/h7-8,11-12,14-15,18-19H,3-6,9-10,13H2,1-2H3,(H,26,28)(H,27,30)/t18-,19-/m0/s1. The Morgan fingerprint density at radius 2 is 1.88 bits per heavy atom. The number of nitrogens with one attached hydrogen (secondary N) is 2. The smallest absolute Gasteiger partial charge is 0.285 e. The van der Waals surface area contributed by atoms with Crippen molar-refractivity contribution in [2.45, 2.75) is 75.8 Å². The first kappa shape index (κ1) is 24.1. The van der Waals surface area contributed by atoms with E-state index < -0.39 is 22.1 Å². The summed E-state index contributed by atoms with van der Waals surface area (Å²) in [4.78, 5) is 30.6. The highest BCUT2D eigenvalue weighted by atomic mass is 32.2. The lowest BCUT2D eigenvalue weighted by atomic mass is 9.97. The Morgan fingerprint density at radius 1 is 1.15 bits per heavy atom. The van der Waals surface area contributed by atoms with E-state index in [-0.39, 0.29) is 28.3 Å². The van der Waals surface area contributed by atoms with Crippen molar-refractivity contribution in [1.29, 1.82) is 0 Å². The van der Waals surface area contributed by atoms with Gasteiger partial charge in [0.05, 0.1) is 11.7 Å². The van der Waals surface area contributed by atoms with Crippen molar-refractivity contribution < 1.29 is 22.4 Å². The third kappa shape index (κ3) is 5.06. The second-order valence-corrected chi connectivity index (χ2v) is 10.4. The molecule has 34 heavy (non-hydrogen) atoms. The molecule has 2 aromatic rings. The zero-order chi connectivity index (χ0) is 24.3. The van der Waals surface area contributed by atoms with E-state index in [0.717, 1.165) is 25.7 Å². The van der Waals surface area contributed by atoms with Crippen molar-refractivity contribution >= 4 is 27.5 Å². The van der Waals surface area contributed by atoms with Crippen LogP contribution in [0.5, 0.6) is 0 Å². The highest BCUT2D eigenvalue weighted by Crippen LogP contribution is 2.30. The van der Waals surface area contributed by atoms with E-state index in [4.69, 9.17) is 4.42 Å². The van der Waals surface area contributed by atoms with Crippen molar-refractivity contribution in [3.05, 3.63) is 47.7 Å². The van der Waals surface area contributed by atoms with E-state index in [1.807, 2.05) is 6.92 Å². The lowest BCUT2D eigenvalue weighted by Crippen LogP contribution is -2.52. The third-order valence-electron chi connectivity index (χ3n) is 6.47. The van der Waals surface area contributed by atoms with Gasteiger partial charge in [-0.15, -0.1) is 4.40 Å². The minimum absolute atomic E-state index is 0.0236. The molecule has 9 nitrogen and oxygen atoms in total. The molecule has 2 aliphatic rings. The minimum atomic E-state index is -3.81. The summed E-state index contributed by atoms with van der Waals surface area (Å²) in [6.07, 6.45) is 7.22. The predicted molar refractivity (Wildman–Crippen MR) is 126 cm³/mol. The molecule has 10 heteroatoms. The molecule has 1 fully saturated rings. The molecule has 1 aromatic carbocycles. The molecule has 0 saturated heterocycles. The third-order valence-corrected chi connectivity index (χ3v) is 7.80. The van der Waals surface area contributed by atoms with Crippen LogP contribution in [-0.2, 0) is 21.2 Å². The minimum Gasteiger partial charge on any atom is -0.442 e. The number of nitrogens with zero attached hydrogens (tertiary/aromatic N) is 2. The summed E-state index contributed by atoms with van der Waals surface area (Å²) in [5, 5.41) is 5.91. The summed E-state index contributed by atoms with van der Waals surface area (Å²) in [6.45, 7) is 3.71. The van der Waals surface area contributed by atoms with Crippen LogP contribution in [0.2, 0.25) is 0 Å². The van der Waals surface area contributed by atoms with Gasteiger partial charge in [0.2, 0.25) is 11.7 Å². The number of benzene rings is 1. The van der Waals surface area contributed by atoms with E-state index >= 15 is 0 Å². The zero-order valence-electron chi connectivity index (χ0n) is 19.4. The molecule has 1 aromatic heterocycles. The van der Waals surface area contributed by atoms with Crippen molar-refractivity contribution in [3.63, 3.8) is 0 Å². The second kappa shape index (κ2) is 10.1. The average Bonchev–Trinajstić information content (AvgIpc) is 3.57. The molecule has 1 amide bonds. The van der Waals surface area contributed by atoms with Crippen molar-refractivity contribution in [1.82, 2.24) is 15.6 Å². The number of carbonyl (C=O) groups excluding carboxylic acids is 2. The maximum Gasteiger partial charge on any atom is 0.285 e. The number of Topliss-reactive ketones (excluding diaryl/α,β-unsaturated/α-hetero) is 1. The largest absolute Gasteiger partial charge is 0.442 e. The van der Waals surface area contributed by atoms with E-state index in [2.05, 4.69) is 20.0 Å². The van der Waals surface area contributed by atoms with Crippen LogP contribution in [0.15, 0.2) is 44.2 Å². The Balaban J connectivity index is 1.54. The molecular formula is C24H30N4O5S. The van der Waals surface area contributed by atoms with Gasteiger partial charge < -0.3 is 15.1 Å². The maximum absolute atomic E-state index is 13.4. The number of rotatable bonds is 9. The number of carbonyl (C=O) groups is 2. The highest BCUT2D eigenvalue weighted by molar-refractivity contribution is 7.90. The number of amides is 1. The van der Waals surface area contributed by atoms with E-state index in [1.165, 1.54) is 12.3 Å². The van der Waals surface area contributed by atoms with E-state index in [0.29, 0.717) is 36.4 Å².